The predicted molar refractivity (Wildman–Crippen MR) is 122 cm³/mol. The maximum Gasteiger partial charge on any atom is 0.416 e. The molecule has 32 heavy (non-hydrogen) atoms. The Morgan fingerprint density at radius 1 is 1.00 bits per heavy atom. The van der Waals surface area contributed by atoms with Gasteiger partial charge in [0.25, 0.3) is 5.91 Å². The average Bonchev–Trinajstić information content (AvgIpc) is 2.75. The maximum absolute atomic E-state index is 12.9. The normalized spacial score (nSPS) is 11.0. The SMILES string of the molecule is O=C(NC(=S)Nc1cc(C(F)(F)F)ccc1Cl)c1ccccc1OCCc1ccccc1. The van der Waals surface area contributed by atoms with E-state index in [1.165, 1.54) is 0 Å². The molecule has 0 unspecified atom stereocenters. The van der Waals surface area contributed by atoms with Gasteiger partial charge in [0.15, 0.2) is 5.11 Å². The van der Waals surface area contributed by atoms with Gasteiger partial charge in [-0.05, 0) is 48.1 Å². The van der Waals surface area contributed by atoms with Gasteiger partial charge in [-0.3, -0.25) is 10.1 Å². The molecule has 0 fully saturated rings. The van der Waals surface area contributed by atoms with E-state index in [1.807, 2.05) is 30.3 Å². The minimum Gasteiger partial charge on any atom is -0.492 e. The first kappa shape index (κ1) is 23.6. The molecular weight excluding hydrogens is 461 g/mol. The van der Waals surface area contributed by atoms with Crippen LogP contribution in [-0.4, -0.2) is 17.6 Å². The van der Waals surface area contributed by atoms with E-state index in [4.69, 9.17) is 28.6 Å². The van der Waals surface area contributed by atoms with Gasteiger partial charge < -0.3 is 10.1 Å². The number of anilines is 1. The molecule has 0 aliphatic carbocycles. The molecule has 0 saturated carbocycles. The third-order valence-corrected chi connectivity index (χ3v) is 4.93. The van der Waals surface area contributed by atoms with Crippen LogP contribution in [-0.2, 0) is 12.6 Å². The number of alkyl halides is 3. The Labute approximate surface area is 193 Å². The number of carbonyl (C=O) groups excluding carboxylic acids is 1. The second-order valence-electron chi connectivity index (χ2n) is 6.68. The molecule has 4 nitrogen and oxygen atoms in total. The van der Waals surface area contributed by atoms with Gasteiger partial charge in [-0.1, -0.05) is 54.1 Å². The number of ether oxygens (including phenoxy) is 1. The summed E-state index contributed by atoms with van der Waals surface area (Å²) in [6, 6.07) is 19.1. The molecule has 3 aromatic carbocycles. The van der Waals surface area contributed by atoms with Crippen LogP contribution < -0.4 is 15.4 Å². The number of amides is 1. The van der Waals surface area contributed by atoms with Gasteiger partial charge in [0.05, 0.1) is 28.4 Å². The van der Waals surface area contributed by atoms with Crippen molar-refractivity contribution in [3.05, 3.63) is 94.5 Å². The summed E-state index contributed by atoms with van der Waals surface area (Å²) in [6.45, 7) is 0.358. The number of rotatable bonds is 6. The molecule has 0 saturated heterocycles. The molecule has 0 atom stereocenters. The van der Waals surface area contributed by atoms with Gasteiger partial charge in [0, 0.05) is 6.42 Å². The largest absolute Gasteiger partial charge is 0.492 e. The first-order chi connectivity index (χ1) is 15.2. The summed E-state index contributed by atoms with van der Waals surface area (Å²) in [5.41, 5.74) is 0.368. The molecule has 3 aromatic rings. The molecule has 0 aliphatic heterocycles. The highest BCUT2D eigenvalue weighted by Gasteiger charge is 2.31. The molecule has 166 valence electrons. The molecule has 0 radical (unpaired) electrons. The number of benzene rings is 3. The van der Waals surface area contributed by atoms with Crippen molar-refractivity contribution in [3.8, 4) is 5.75 Å². The molecule has 0 spiro atoms. The summed E-state index contributed by atoms with van der Waals surface area (Å²) in [5, 5.41) is 4.80. The Bertz CT molecular complexity index is 1110. The molecule has 0 aromatic heterocycles. The Morgan fingerprint density at radius 3 is 2.41 bits per heavy atom. The van der Waals surface area contributed by atoms with Crippen molar-refractivity contribution < 1.29 is 22.7 Å². The summed E-state index contributed by atoms with van der Waals surface area (Å²) in [4.78, 5) is 12.7. The fourth-order valence-corrected chi connectivity index (χ4v) is 3.19. The highest BCUT2D eigenvalue weighted by atomic mass is 35.5. The molecule has 0 bridgehead atoms. The predicted octanol–water partition coefficient (Wildman–Crippen LogP) is 6.11. The fraction of sp³-hybridized carbons (Fsp3) is 0.130. The van der Waals surface area contributed by atoms with E-state index in [-0.39, 0.29) is 21.4 Å². The second kappa shape index (κ2) is 10.5. The second-order valence-corrected chi connectivity index (χ2v) is 7.50. The van der Waals surface area contributed by atoms with Crippen molar-refractivity contribution in [1.82, 2.24) is 5.32 Å². The van der Waals surface area contributed by atoms with Gasteiger partial charge in [-0.15, -0.1) is 0 Å². The van der Waals surface area contributed by atoms with E-state index in [0.29, 0.717) is 18.8 Å². The monoisotopic (exact) mass is 478 g/mol. The number of hydrogen-bond acceptors (Lipinski definition) is 3. The highest BCUT2D eigenvalue weighted by Crippen LogP contribution is 2.33. The van der Waals surface area contributed by atoms with Crippen LogP contribution in [0.4, 0.5) is 18.9 Å². The number of hydrogen-bond donors (Lipinski definition) is 2. The molecule has 0 aliphatic rings. The third-order valence-electron chi connectivity index (χ3n) is 4.39. The van der Waals surface area contributed by atoms with Gasteiger partial charge in [0.1, 0.15) is 5.75 Å². The smallest absolute Gasteiger partial charge is 0.416 e. The first-order valence-corrected chi connectivity index (χ1v) is 10.3. The Balaban J connectivity index is 1.64. The fourth-order valence-electron chi connectivity index (χ4n) is 2.83. The third kappa shape index (κ3) is 6.45. The Hall–Kier alpha value is -3.10. The minimum atomic E-state index is -4.54. The van der Waals surface area contributed by atoms with Crippen LogP contribution in [0.3, 0.4) is 0 Å². The maximum atomic E-state index is 12.9. The molecule has 9 heteroatoms. The minimum absolute atomic E-state index is 0.0271. The van der Waals surface area contributed by atoms with Crippen molar-refractivity contribution in [2.75, 3.05) is 11.9 Å². The summed E-state index contributed by atoms with van der Waals surface area (Å²) in [5.74, 6) is -0.207. The molecule has 3 rings (SSSR count). The van der Waals surface area contributed by atoms with E-state index in [9.17, 15) is 18.0 Å². The standard InChI is InChI=1S/C23H18ClF3N2O2S/c24-18-11-10-16(23(25,26)27)14-19(18)28-22(32)29-21(30)17-8-4-5-9-20(17)31-13-12-15-6-2-1-3-7-15/h1-11,14H,12-13H2,(H2,28,29,30,32). The van der Waals surface area contributed by atoms with E-state index in [2.05, 4.69) is 10.6 Å². The number of nitrogens with one attached hydrogen (secondary N) is 2. The van der Waals surface area contributed by atoms with Crippen LogP contribution in [0.2, 0.25) is 5.02 Å². The van der Waals surface area contributed by atoms with Gasteiger partial charge >= 0.3 is 6.18 Å². The zero-order valence-corrected chi connectivity index (χ0v) is 18.2. The van der Waals surface area contributed by atoms with Crippen molar-refractivity contribution >= 4 is 40.5 Å². The summed E-state index contributed by atoms with van der Waals surface area (Å²) in [7, 11) is 0. The zero-order valence-electron chi connectivity index (χ0n) is 16.6. The Morgan fingerprint density at radius 2 is 1.69 bits per heavy atom. The van der Waals surface area contributed by atoms with Crippen molar-refractivity contribution in [3.63, 3.8) is 0 Å². The van der Waals surface area contributed by atoms with Gasteiger partial charge in [-0.2, -0.15) is 13.2 Å². The quantitative estimate of drug-likeness (QED) is 0.420. The first-order valence-electron chi connectivity index (χ1n) is 9.49. The van der Waals surface area contributed by atoms with Crippen LogP contribution in [0, 0.1) is 0 Å². The van der Waals surface area contributed by atoms with Crippen molar-refractivity contribution in [1.29, 1.82) is 0 Å². The van der Waals surface area contributed by atoms with Gasteiger partial charge in [-0.25, -0.2) is 0 Å². The van der Waals surface area contributed by atoms with Crippen LogP contribution in [0.5, 0.6) is 5.75 Å². The molecule has 2 N–H and O–H groups in total. The van der Waals surface area contributed by atoms with E-state index >= 15 is 0 Å². The summed E-state index contributed by atoms with van der Waals surface area (Å²) in [6.07, 6.45) is -3.88. The van der Waals surface area contributed by atoms with Crippen LogP contribution in [0.1, 0.15) is 21.5 Å². The average molecular weight is 479 g/mol. The number of carbonyl (C=O) groups is 1. The molecule has 0 heterocycles. The number of thiocarbonyl (C=S) groups is 1. The summed E-state index contributed by atoms with van der Waals surface area (Å²) < 4.78 is 44.6. The lowest BCUT2D eigenvalue weighted by Gasteiger charge is -2.15. The summed E-state index contributed by atoms with van der Waals surface area (Å²) >= 11 is 11.0. The van der Waals surface area contributed by atoms with E-state index < -0.39 is 17.6 Å². The molecular formula is C23H18ClF3N2O2S. The van der Waals surface area contributed by atoms with Crippen molar-refractivity contribution in [2.45, 2.75) is 12.6 Å². The van der Waals surface area contributed by atoms with Crippen LogP contribution >= 0.6 is 23.8 Å². The molecule has 1 amide bonds. The number of halogens is 4. The highest BCUT2D eigenvalue weighted by molar-refractivity contribution is 7.80. The van der Waals surface area contributed by atoms with E-state index in [0.717, 1.165) is 23.8 Å². The lowest BCUT2D eigenvalue weighted by Crippen LogP contribution is -2.34. The number of para-hydroxylation sites is 1. The van der Waals surface area contributed by atoms with Crippen LogP contribution in [0.25, 0.3) is 0 Å². The van der Waals surface area contributed by atoms with E-state index in [1.54, 1.807) is 24.3 Å². The van der Waals surface area contributed by atoms with Gasteiger partial charge in [0.2, 0.25) is 0 Å². The Kier molecular flexibility index (Phi) is 7.71. The lowest BCUT2D eigenvalue weighted by molar-refractivity contribution is -0.137. The van der Waals surface area contributed by atoms with Crippen LogP contribution in [0.15, 0.2) is 72.8 Å². The topological polar surface area (TPSA) is 50.4 Å². The lowest BCUT2D eigenvalue weighted by atomic mass is 10.1. The van der Waals surface area contributed by atoms with Crippen molar-refractivity contribution in [2.24, 2.45) is 0 Å². The zero-order chi connectivity index (χ0) is 23.1.